The molecule has 0 aromatic rings. The van der Waals surface area contributed by atoms with Gasteiger partial charge in [0.25, 0.3) is 0 Å². The van der Waals surface area contributed by atoms with E-state index < -0.39 is 11.6 Å². The van der Waals surface area contributed by atoms with Crippen molar-refractivity contribution in [2.24, 2.45) is 5.92 Å². The Kier molecular flexibility index (Phi) is 7.34. The molecule has 0 amide bonds. The molecule has 0 bridgehead atoms. The van der Waals surface area contributed by atoms with Crippen molar-refractivity contribution in [3.63, 3.8) is 0 Å². The predicted molar refractivity (Wildman–Crippen MR) is 119 cm³/mol. The van der Waals surface area contributed by atoms with Crippen LogP contribution in [-0.2, 0) is 23.9 Å². The number of unbranched alkanes of at least 4 members (excludes halogenated alkanes) is 7. The fourth-order valence-electron chi connectivity index (χ4n) is 4.53. The van der Waals surface area contributed by atoms with E-state index in [2.05, 4.69) is 6.92 Å². The van der Waals surface area contributed by atoms with Gasteiger partial charge in [-0.15, -0.1) is 0 Å². The number of allylic oxidation sites excluding steroid dienone is 3. The summed E-state index contributed by atoms with van der Waals surface area (Å²) < 4.78 is 11.0. The zero-order valence-corrected chi connectivity index (χ0v) is 19.2. The summed E-state index contributed by atoms with van der Waals surface area (Å²) in [6.07, 6.45) is 15.0. The number of rotatable bonds is 11. The van der Waals surface area contributed by atoms with Crippen molar-refractivity contribution in [1.29, 1.82) is 0 Å². The van der Waals surface area contributed by atoms with Crippen LogP contribution in [-0.4, -0.2) is 23.1 Å². The van der Waals surface area contributed by atoms with Crippen molar-refractivity contribution >= 4 is 17.5 Å². The van der Waals surface area contributed by atoms with Gasteiger partial charge in [0.15, 0.2) is 11.4 Å². The quantitative estimate of drug-likeness (QED) is 0.242. The summed E-state index contributed by atoms with van der Waals surface area (Å²) >= 11 is 0. The highest BCUT2D eigenvalue weighted by Crippen LogP contribution is 2.46. The van der Waals surface area contributed by atoms with Gasteiger partial charge < -0.3 is 9.47 Å². The number of hydrogen-bond donors (Lipinski definition) is 0. The average Bonchev–Trinajstić information content (AvgIpc) is 3.01. The molecule has 2 aliphatic heterocycles. The average molecular weight is 427 g/mol. The third-order valence-corrected chi connectivity index (χ3v) is 6.47. The molecule has 0 aromatic heterocycles. The van der Waals surface area contributed by atoms with Crippen LogP contribution in [0.25, 0.3) is 0 Å². The van der Waals surface area contributed by atoms with E-state index in [1.54, 1.807) is 19.9 Å². The zero-order chi connectivity index (χ0) is 22.6. The molecule has 0 saturated heterocycles. The normalized spacial score (nSPS) is 23.3. The fourth-order valence-corrected chi connectivity index (χ4v) is 4.53. The molecule has 0 spiro atoms. The number of carbonyl (C=O) groups excluding carboxylic acids is 3. The molecule has 0 unspecified atom stereocenters. The van der Waals surface area contributed by atoms with Crippen LogP contribution in [0.3, 0.4) is 0 Å². The van der Waals surface area contributed by atoms with E-state index in [4.69, 9.17) is 9.47 Å². The van der Waals surface area contributed by atoms with E-state index >= 15 is 0 Å². The number of carbonyl (C=O) groups is 3. The summed E-state index contributed by atoms with van der Waals surface area (Å²) in [7, 11) is 0. The second-order valence-electron chi connectivity index (χ2n) is 9.07. The van der Waals surface area contributed by atoms with Gasteiger partial charge in [0.2, 0.25) is 5.78 Å². The Bertz CT molecular complexity index is 885. The van der Waals surface area contributed by atoms with Gasteiger partial charge in [-0.3, -0.25) is 9.59 Å². The van der Waals surface area contributed by atoms with Crippen LogP contribution in [0.2, 0.25) is 0 Å². The van der Waals surface area contributed by atoms with Crippen LogP contribution in [0.4, 0.5) is 0 Å². The minimum atomic E-state index is -1.46. The Morgan fingerprint density at radius 3 is 2.35 bits per heavy atom. The van der Waals surface area contributed by atoms with Crippen LogP contribution in [0.5, 0.6) is 0 Å². The maximum atomic E-state index is 13.3. The van der Waals surface area contributed by atoms with Crippen LogP contribution in [0.1, 0.15) is 85.5 Å². The highest BCUT2D eigenvalue weighted by molar-refractivity contribution is 6.24. The number of ether oxygens (including phenoxy) is 2. The minimum Gasteiger partial charge on any atom is -0.469 e. The van der Waals surface area contributed by atoms with Crippen molar-refractivity contribution in [3.05, 3.63) is 46.5 Å². The Labute approximate surface area is 185 Å². The van der Waals surface area contributed by atoms with E-state index in [1.807, 2.05) is 6.92 Å². The summed E-state index contributed by atoms with van der Waals surface area (Å²) in [6, 6.07) is 0. The standard InChI is InChI=1S/C26H34O5/c1-5-6-7-8-9-10-11-12-13-17(2)24(28)22-23-20-16-30-18(3)14-19(20)15-21(27)26(23,4)31-25(22)29/h14-17H,5-13H2,1-4H3/t17-,26+/m1/s1. The van der Waals surface area contributed by atoms with E-state index in [1.165, 1.54) is 50.9 Å². The van der Waals surface area contributed by atoms with Crippen LogP contribution >= 0.6 is 0 Å². The number of fused-ring (bicyclic) bond motifs is 3. The first-order valence-electron chi connectivity index (χ1n) is 11.6. The monoisotopic (exact) mass is 426 g/mol. The van der Waals surface area contributed by atoms with Gasteiger partial charge in [-0.1, -0.05) is 65.2 Å². The van der Waals surface area contributed by atoms with Gasteiger partial charge >= 0.3 is 5.97 Å². The Hall–Kier alpha value is -2.43. The highest BCUT2D eigenvalue weighted by atomic mass is 16.6. The van der Waals surface area contributed by atoms with E-state index in [0.717, 1.165) is 19.3 Å². The Balaban J connectivity index is 1.70. The minimum absolute atomic E-state index is 0.0105. The summed E-state index contributed by atoms with van der Waals surface area (Å²) in [5.74, 6) is -0.932. The number of ketones is 2. The molecular weight excluding hydrogens is 392 g/mol. The number of Topliss-reactive ketones (excluding diaryl/α,β-unsaturated/α-hetero) is 1. The lowest BCUT2D eigenvalue weighted by Crippen LogP contribution is -2.40. The highest BCUT2D eigenvalue weighted by Gasteiger charge is 2.54. The summed E-state index contributed by atoms with van der Waals surface area (Å²) in [4.78, 5) is 38.8. The van der Waals surface area contributed by atoms with Crippen molar-refractivity contribution in [2.45, 2.75) is 91.1 Å². The first kappa shape index (κ1) is 23.2. The second kappa shape index (κ2) is 9.80. The fraction of sp³-hybridized carbons (Fsp3) is 0.577. The molecule has 0 radical (unpaired) electrons. The topological polar surface area (TPSA) is 69.7 Å². The molecule has 3 rings (SSSR count). The molecular formula is C26H34O5. The third kappa shape index (κ3) is 4.76. The maximum absolute atomic E-state index is 13.3. The molecule has 5 nitrogen and oxygen atoms in total. The predicted octanol–water partition coefficient (Wildman–Crippen LogP) is 5.66. The SMILES string of the molecule is CCCCCCCCCC[C@@H](C)C(=O)C1=C2C3=COC(C)=CC3=CC(=O)[C@]2(C)OC1=O. The molecule has 2 heterocycles. The smallest absolute Gasteiger partial charge is 0.343 e. The molecule has 3 aliphatic rings. The molecule has 168 valence electrons. The molecule has 5 heteroatoms. The van der Waals surface area contributed by atoms with Gasteiger partial charge in [-0.2, -0.15) is 0 Å². The van der Waals surface area contributed by atoms with Crippen molar-refractivity contribution in [2.75, 3.05) is 0 Å². The Morgan fingerprint density at radius 2 is 1.68 bits per heavy atom. The van der Waals surface area contributed by atoms with Crippen LogP contribution < -0.4 is 0 Å². The van der Waals surface area contributed by atoms with Crippen molar-refractivity contribution in [1.82, 2.24) is 0 Å². The first-order chi connectivity index (χ1) is 14.8. The number of esters is 1. The first-order valence-corrected chi connectivity index (χ1v) is 11.6. The summed E-state index contributed by atoms with van der Waals surface area (Å²) in [5, 5.41) is 0. The summed E-state index contributed by atoms with van der Waals surface area (Å²) in [5.41, 5.74) is 0.146. The molecule has 0 N–H and O–H groups in total. The molecule has 1 aliphatic carbocycles. The lowest BCUT2D eigenvalue weighted by Gasteiger charge is -2.31. The third-order valence-electron chi connectivity index (χ3n) is 6.47. The van der Waals surface area contributed by atoms with Crippen LogP contribution in [0, 0.1) is 5.92 Å². The van der Waals surface area contributed by atoms with Gasteiger partial charge in [0.1, 0.15) is 11.3 Å². The lowest BCUT2D eigenvalue weighted by molar-refractivity contribution is -0.153. The molecule has 2 atom stereocenters. The van der Waals surface area contributed by atoms with E-state index in [-0.39, 0.29) is 23.1 Å². The van der Waals surface area contributed by atoms with Gasteiger partial charge in [0, 0.05) is 17.1 Å². The largest absolute Gasteiger partial charge is 0.469 e. The van der Waals surface area contributed by atoms with E-state index in [9.17, 15) is 14.4 Å². The molecule has 0 aromatic carbocycles. The zero-order valence-electron chi connectivity index (χ0n) is 19.2. The molecule has 31 heavy (non-hydrogen) atoms. The molecule has 0 fully saturated rings. The van der Waals surface area contributed by atoms with Crippen molar-refractivity contribution in [3.8, 4) is 0 Å². The van der Waals surface area contributed by atoms with Gasteiger partial charge in [-0.25, -0.2) is 4.79 Å². The molecule has 0 saturated carbocycles. The van der Waals surface area contributed by atoms with Crippen molar-refractivity contribution < 1.29 is 23.9 Å². The lowest BCUT2D eigenvalue weighted by atomic mass is 9.75. The second-order valence-corrected chi connectivity index (χ2v) is 9.07. The van der Waals surface area contributed by atoms with Gasteiger partial charge in [-0.05, 0) is 38.0 Å². The van der Waals surface area contributed by atoms with E-state index in [0.29, 0.717) is 22.5 Å². The maximum Gasteiger partial charge on any atom is 0.343 e. The number of hydrogen-bond acceptors (Lipinski definition) is 5. The van der Waals surface area contributed by atoms with Crippen LogP contribution in [0.15, 0.2) is 46.5 Å². The summed E-state index contributed by atoms with van der Waals surface area (Å²) in [6.45, 7) is 7.42. The van der Waals surface area contributed by atoms with Gasteiger partial charge in [0.05, 0.1) is 6.26 Å². The Morgan fingerprint density at radius 1 is 1.03 bits per heavy atom.